The third-order valence-electron chi connectivity index (χ3n) is 2.69. The van der Waals surface area contributed by atoms with Gasteiger partial charge in [0.25, 0.3) is 0 Å². The third-order valence-corrected chi connectivity index (χ3v) is 4.24. The summed E-state index contributed by atoms with van der Waals surface area (Å²) in [6.45, 7) is 7.24. The fraction of sp³-hybridized carbons (Fsp3) is 0.429. The number of nitrogens with zero attached hydrogens (tertiary/aromatic N) is 3. The molecule has 1 heterocycles. The Morgan fingerprint density at radius 1 is 1.35 bits per heavy atom. The van der Waals surface area contributed by atoms with Crippen LogP contribution in [-0.4, -0.2) is 20.3 Å². The molecule has 0 saturated carbocycles. The molecule has 0 bridgehead atoms. The van der Waals surface area contributed by atoms with Crippen LogP contribution in [-0.2, 0) is 13.6 Å². The summed E-state index contributed by atoms with van der Waals surface area (Å²) in [6, 6.07) is 6.11. The van der Waals surface area contributed by atoms with Gasteiger partial charge in [-0.25, -0.2) is 9.67 Å². The summed E-state index contributed by atoms with van der Waals surface area (Å²) in [4.78, 5) is 5.18. The summed E-state index contributed by atoms with van der Waals surface area (Å²) < 4.78 is 1.73. The van der Waals surface area contributed by atoms with Crippen molar-refractivity contribution in [3.05, 3.63) is 35.1 Å². The number of hydrogen-bond donors (Lipinski definition) is 1. The van der Waals surface area contributed by atoms with Crippen LogP contribution in [0, 0.1) is 0 Å². The zero-order chi connectivity index (χ0) is 14.8. The molecule has 20 heavy (non-hydrogen) atoms. The number of rotatable bonds is 4. The Hall–Kier alpha value is -1.04. The fourth-order valence-corrected chi connectivity index (χ4v) is 2.67. The van der Waals surface area contributed by atoms with Crippen molar-refractivity contribution < 1.29 is 0 Å². The first-order chi connectivity index (χ1) is 9.35. The molecule has 0 atom stereocenters. The molecular weight excluding hydrogens is 292 g/mol. The Kier molecular flexibility index (Phi) is 4.73. The van der Waals surface area contributed by atoms with Gasteiger partial charge in [-0.3, -0.25) is 0 Å². The molecule has 0 aliphatic rings. The molecule has 0 fully saturated rings. The minimum Gasteiger partial charge on any atom is -0.308 e. The molecule has 0 radical (unpaired) electrons. The van der Waals surface area contributed by atoms with Crippen molar-refractivity contribution in [1.82, 2.24) is 20.1 Å². The molecule has 1 aromatic heterocycles. The van der Waals surface area contributed by atoms with E-state index >= 15 is 0 Å². The standard InChI is InChI=1S/C14H19ClN4S/c1-14(2,3)17-8-10-5-6-12(11(15)7-10)20-13-16-9-18-19(13)4/h5-7,9,17H,8H2,1-4H3. The summed E-state index contributed by atoms with van der Waals surface area (Å²) in [6.07, 6.45) is 1.54. The molecule has 4 nitrogen and oxygen atoms in total. The molecule has 0 saturated heterocycles. The molecule has 2 rings (SSSR count). The third kappa shape index (κ3) is 4.23. The van der Waals surface area contributed by atoms with Crippen molar-refractivity contribution in [2.45, 2.75) is 42.9 Å². The van der Waals surface area contributed by atoms with Gasteiger partial charge in [0, 0.05) is 24.0 Å². The quantitative estimate of drug-likeness (QED) is 0.938. The molecule has 0 unspecified atom stereocenters. The van der Waals surface area contributed by atoms with Gasteiger partial charge in [-0.2, -0.15) is 5.10 Å². The summed E-state index contributed by atoms with van der Waals surface area (Å²) in [5, 5.41) is 9.06. The lowest BCUT2D eigenvalue weighted by atomic mass is 10.1. The topological polar surface area (TPSA) is 42.7 Å². The van der Waals surface area contributed by atoms with Gasteiger partial charge in [0.1, 0.15) is 6.33 Å². The summed E-state index contributed by atoms with van der Waals surface area (Å²) in [5.41, 5.74) is 1.27. The lowest BCUT2D eigenvalue weighted by Gasteiger charge is -2.20. The van der Waals surface area contributed by atoms with E-state index in [0.717, 1.165) is 21.6 Å². The van der Waals surface area contributed by atoms with E-state index in [9.17, 15) is 0 Å². The highest BCUT2D eigenvalue weighted by Gasteiger charge is 2.11. The molecule has 2 aromatic rings. The number of aryl methyl sites for hydroxylation is 1. The van der Waals surface area contributed by atoms with Crippen LogP contribution in [0.1, 0.15) is 26.3 Å². The molecule has 0 aliphatic carbocycles. The lowest BCUT2D eigenvalue weighted by Crippen LogP contribution is -2.35. The Labute approximate surface area is 128 Å². The highest BCUT2D eigenvalue weighted by molar-refractivity contribution is 7.99. The van der Waals surface area contributed by atoms with E-state index < -0.39 is 0 Å². The molecule has 108 valence electrons. The van der Waals surface area contributed by atoms with Crippen molar-refractivity contribution >= 4 is 23.4 Å². The number of nitrogens with one attached hydrogen (secondary N) is 1. The molecule has 6 heteroatoms. The van der Waals surface area contributed by atoms with Gasteiger partial charge < -0.3 is 5.32 Å². The van der Waals surface area contributed by atoms with E-state index in [1.165, 1.54) is 23.7 Å². The van der Waals surface area contributed by atoms with Crippen molar-refractivity contribution in [2.24, 2.45) is 7.05 Å². The van der Waals surface area contributed by atoms with Gasteiger partial charge in [-0.05, 0) is 50.2 Å². The van der Waals surface area contributed by atoms with Gasteiger partial charge in [0.15, 0.2) is 5.16 Å². The van der Waals surface area contributed by atoms with Crippen LogP contribution in [0.25, 0.3) is 0 Å². The second kappa shape index (κ2) is 6.16. The molecular formula is C14H19ClN4S. The highest BCUT2D eigenvalue weighted by atomic mass is 35.5. The zero-order valence-electron chi connectivity index (χ0n) is 12.1. The van der Waals surface area contributed by atoms with E-state index in [1.54, 1.807) is 4.68 Å². The summed E-state index contributed by atoms with van der Waals surface area (Å²) in [7, 11) is 1.87. The van der Waals surface area contributed by atoms with Gasteiger partial charge in [0.2, 0.25) is 0 Å². The maximum absolute atomic E-state index is 6.34. The zero-order valence-corrected chi connectivity index (χ0v) is 13.7. The van der Waals surface area contributed by atoms with Crippen molar-refractivity contribution in [2.75, 3.05) is 0 Å². The average Bonchev–Trinajstić information content (AvgIpc) is 2.75. The minimum atomic E-state index is 0.0958. The molecule has 0 spiro atoms. The number of hydrogen-bond acceptors (Lipinski definition) is 4. The largest absolute Gasteiger partial charge is 0.308 e. The normalized spacial score (nSPS) is 11.8. The number of halogens is 1. The number of aromatic nitrogens is 3. The fourth-order valence-electron chi connectivity index (χ4n) is 1.58. The Morgan fingerprint density at radius 2 is 2.10 bits per heavy atom. The summed E-state index contributed by atoms with van der Waals surface area (Å²) in [5.74, 6) is 0. The van der Waals surface area contributed by atoms with Gasteiger partial charge in [-0.1, -0.05) is 17.7 Å². The number of benzene rings is 1. The van der Waals surface area contributed by atoms with Crippen LogP contribution >= 0.6 is 23.4 Å². The van der Waals surface area contributed by atoms with Crippen molar-refractivity contribution in [3.8, 4) is 0 Å². The average molecular weight is 311 g/mol. The SMILES string of the molecule is Cn1ncnc1Sc1ccc(CNC(C)(C)C)cc1Cl. The maximum Gasteiger partial charge on any atom is 0.190 e. The van der Waals surface area contributed by atoms with Crippen LogP contribution < -0.4 is 5.32 Å². The van der Waals surface area contributed by atoms with E-state index in [-0.39, 0.29) is 5.54 Å². The molecule has 1 aromatic carbocycles. The van der Waals surface area contributed by atoms with Crippen LogP contribution in [0.3, 0.4) is 0 Å². The van der Waals surface area contributed by atoms with E-state index in [0.29, 0.717) is 0 Å². The predicted molar refractivity (Wildman–Crippen MR) is 83.2 cm³/mol. The maximum atomic E-state index is 6.34. The first-order valence-electron chi connectivity index (χ1n) is 6.40. The van der Waals surface area contributed by atoms with E-state index in [2.05, 4.69) is 42.2 Å². The van der Waals surface area contributed by atoms with Gasteiger partial charge >= 0.3 is 0 Å². The molecule has 0 aliphatic heterocycles. The Bertz CT molecular complexity index is 589. The molecule has 1 N–H and O–H groups in total. The van der Waals surface area contributed by atoms with Crippen LogP contribution in [0.5, 0.6) is 0 Å². The first-order valence-corrected chi connectivity index (χ1v) is 7.60. The van der Waals surface area contributed by atoms with Crippen molar-refractivity contribution in [3.63, 3.8) is 0 Å². The first kappa shape index (κ1) is 15.4. The predicted octanol–water partition coefficient (Wildman–Crippen LogP) is 3.51. The second-order valence-corrected chi connectivity index (χ2v) is 7.05. The van der Waals surface area contributed by atoms with Crippen LogP contribution in [0.2, 0.25) is 5.02 Å². The van der Waals surface area contributed by atoms with Crippen LogP contribution in [0.15, 0.2) is 34.6 Å². The second-order valence-electron chi connectivity index (χ2n) is 5.64. The van der Waals surface area contributed by atoms with Crippen molar-refractivity contribution in [1.29, 1.82) is 0 Å². The molecule has 0 amide bonds. The summed E-state index contributed by atoms with van der Waals surface area (Å²) >= 11 is 7.86. The monoisotopic (exact) mass is 310 g/mol. The Morgan fingerprint density at radius 3 is 2.65 bits per heavy atom. The lowest BCUT2D eigenvalue weighted by molar-refractivity contribution is 0.424. The van der Waals surface area contributed by atoms with E-state index in [4.69, 9.17) is 11.6 Å². The van der Waals surface area contributed by atoms with E-state index in [1.807, 2.05) is 19.2 Å². The smallest absolute Gasteiger partial charge is 0.190 e. The minimum absolute atomic E-state index is 0.0958. The van der Waals surface area contributed by atoms with Crippen LogP contribution in [0.4, 0.5) is 0 Å². The highest BCUT2D eigenvalue weighted by Crippen LogP contribution is 2.32. The van der Waals surface area contributed by atoms with Gasteiger partial charge in [0.05, 0.1) is 5.02 Å². The Balaban J connectivity index is 2.08. The van der Waals surface area contributed by atoms with Gasteiger partial charge in [-0.15, -0.1) is 0 Å².